The van der Waals surface area contributed by atoms with Crippen molar-refractivity contribution >= 4 is 46.4 Å². The Kier molecular flexibility index (Phi) is 6.81. The second kappa shape index (κ2) is 10.4. The molecule has 0 bridgehead atoms. The lowest BCUT2D eigenvalue weighted by Crippen LogP contribution is -2.37. The van der Waals surface area contributed by atoms with Crippen molar-refractivity contribution in [2.75, 3.05) is 16.6 Å². The third-order valence-corrected chi connectivity index (χ3v) is 7.37. The Morgan fingerprint density at radius 2 is 1.64 bits per heavy atom. The number of furan rings is 1. The standard InChI is InChI=1S/C30H24Cl2N2O5/c1-2-16-37-21-11-9-19(10-12-21)33-29(35)26-27(34(39-28(26)30(33)36)20-6-4-3-5-7-20)25-15-14-24(38-25)22-17-18(31)8-13-23(22)32/h3-15,17,26-28H,2,16H2,1H3. The first-order valence-corrected chi connectivity index (χ1v) is 13.4. The molecule has 3 aromatic carbocycles. The number of ether oxygens (including phenoxy) is 1. The minimum Gasteiger partial charge on any atom is -0.494 e. The summed E-state index contributed by atoms with van der Waals surface area (Å²) in [6.45, 7) is 2.61. The van der Waals surface area contributed by atoms with E-state index >= 15 is 0 Å². The lowest BCUT2D eigenvalue weighted by molar-refractivity contribution is -0.126. The minimum absolute atomic E-state index is 0.366. The number of amides is 2. The molecule has 0 N–H and O–H groups in total. The number of imide groups is 1. The van der Waals surface area contributed by atoms with Crippen LogP contribution in [0.3, 0.4) is 0 Å². The highest BCUT2D eigenvalue weighted by Gasteiger charge is 2.61. The average molecular weight is 563 g/mol. The van der Waals surface area contributed by atoms with E-state index in [0.29, 0.717) is 50.9 Å². The summed E-state index contributed by atoms with van der Waals surface area (Å²) < 4.78 is 11.9. The van der Waals surface area contributed by atoms with Gasteiger partial charge in [0.1, 0.15) is 29.2 Å². The maximum absolute atomic E-state index is 13.9. The van der Waals surface area contributed by atoms with Crippen molar-refractivity contribution in [2.24, 2.45) is 5.92 Å². The number of anilines is 2. The number of halogens is 2. The molecule has 3 unspecified atom stereocenters. The quantitative estimate of drug-likeness (QED) is 0.224. The van der Waals surface area contributed by atoms with Gasteiger partial charge in [-0.2, -0.15) is 0 Å². The first kappa shape index (κ1) is 25.5. The molecule has 6 rings (SSSR count). The van der Waals surface area contributed by atoms with Crippen LogP contribution in [0.2, 0.25) is 10.0 Å². The van der Waals surface area contributed by atoms with Gasteiger partial charge < -0.3 is 9.15 Å². The number of hydroxylamine groups is 1. The van der Waals surface area contributed by atoms with Crippen molar-refractivity contribution in [3.63, 3.8) is 0 Å². The fraction of sp³-hybridized carbons (Fsp3) is 0.200. The van der Waals surface area contributed by atoms with E-state index in [2.05, 4.69) is 0 Å². The van der Waals surface area contributed by atoms with Crippen LogP contribution in [0.5, 0.6) is 5.75 Å². The first-order chi connectivity index (χ1) is 19.0. The molecule has 39 heavy (non-hydrogen) atoms. The smallest absolute Gasteiger partial charge is 0.266 e. The van der Waals surface area contributed by atoms with Gasteiger partial charge in [0.05, 0.1) is 23.0 Å². The maximum atomic E-state index is 13.9. The monoisotopic (exact) mass is 562 g/mol. The highest BCUT2D eigenvalue weighted by atomic mass is 35.5. The van der Waals surface area contributed by atoms with Gasteiger partial charge in [-0.1, -0.05) is 48.3 Å². The fourth-order valence-electron chi connectivity index (χ4n) is 5.01. The van der Waals surface area contributed by atoms with E-state index < -0.39 is 24.0 Å². The SMILES string of the molecule is CCCOc1ccc(N2C(=O)C3ON(c4ccccc4)C(c4ccc(-c5cc(Cl)ccc5Cl)o4)C3C2=O)cc1. The summed E-state index contributed by atoms with van der Waals surface area (Å²) in [6, 6.07) is 24.2. The molecular weight excluding hydrogens is 539 g/mol. The molecule has 3 heterocycles. The van der Waals surface area contributed by atoms with Gasteiger partial charge in [0, 0.05) is 10.6 Å². The molecule has 4 aromatic rings. The van der Waals surface area contributed by atoms with Gasteiger partial charge in [-0.25, -0.2) is 9.96 Å². The van der Waals surface area contributed by atoms with Crippen LogP contribution < -0.4 is 14.7 Å². The molecule has 2 aliphatic rings. The molecule has 3 atom stereocenters. The summed E-state index contributed by atoms with van der Waals surface area (Å²) in [5, 5.41) is 2.58. The topological polar surface area (TPSA) is 72.2 Å². The second-order valence-electron chi connectivity index (χ2n) is 9.34. The van der Waals surface area contributed by atoms with Gasteiger partial charge in [-0.15, -0.1) is 0 Å². The van der Waals surface area contributed by atoms with Crippen molar-refractivity contribution in [1.29, 1.82) is 0 Å². The molecule has 9 heteroatoms. The van der Waals surface area contributed by atoms with Gasteiger partial charge in [-0.05, 0) is 73.2 Å². The van der Waals surface area contributed by atoms with Crippen molar-refractivity contribution in [3.8, 4) is 17.1 Å². The number of benzene rings is 3. The molecule has 0 saturated carbocycles. The van der Waals surface area contributed by atoms with Gasteiger partial charge in [0.15, 0.2) is 6.10 Å². The Morgan fingerprint density at radius 3 is 2.38 bits per heavy atom. The van der Waals surface area contributed by atoms with Crippen LogP contribution in [0, 0.1) is 5.92 Å². The molecule has 1 aromatic heterocycles. The fourth-order valence-corrected chi connectivity index (χ4v) is 5.39. The Balaban J connectivity index is 1.37. The Hall–Kier alpha value is -3.78. The zero-order chi connectivity index (χ0) is 27.1. The normalized spacial score (nSPS) is 20.5. The number of rotatable bonds is 7. The number of nitrogens with zero attached hydrogens (tertiary/aromatic N) is 2. The number of fused-ring (bicyclic) bond motifs is 1. The van der Waals surface area contributed by atoms with Crippen LogP contribution in [-0.2, 0) is 14.4 Å². The third-order valence-electron chi connectivity index (χ3n) is 6.81. The van der Waals surface area contributed by atoms with E-state index in [9.17, 15) is 9.59 Å². The predicted molar refractivity (Wildman–Crippen MR) is 149 cm³/mol. The number of carbonyl (C=O) groups is 2. The Morgan fingerprint density at radius 1 is 0.872 bits per heavy atom. The van der Waals surface area contributed by atoms with Gasteiger partial charge in [0.2, 0.25) is 5.91 Å². The highest BCUT2D eigenvalue weighted by molar-refractivity contribution is 6.35. The molecule has 2 fully saturated rings. The Labute approximate surface area is 235 Å². The molecule has 7 nitrogen and oxygen atoms in total. The van der Waals surface area contributed by atoms with E-state index in [0.717, 1.165) is 6.42 Å². The summed E-state index contributed by atoms with van der Waals surface area (Å²) >= 11 is 12.6. The molecular formula is C30H24Cl2N2O5. The molecule has 2 aliphatic heterocycles. The largest absolute Gasteiger partial charge is 0.494 e. The molecule has 198 valence electrons. The zero-order valence-corrected chi connectivity index (χ0v) is 22.4. The highest BCUT2D eigenvalue weighted by Crippen LogP contribution is 2.48. The lowest BCUT2D eigenvalue weighted by Gasteiger charge is -2.27. The van der Waals surface area contributed by atoms with Crippen LogP contribution in [-0.4, -0.2) is 24.5 Å². The number of para-hydroxylation sites is 1. The molecule has 0 aliphatic carbocycles. The van der Waals surface area contributed by atoms with E-state index in [1.165, 1.54) is 4.90 Å². The van der Waals surface area contributed by atoms with E-state index in [1.54, 1.807) is 59.7 Å². The third kappa shape index (κ3) is 4.56. The number of carbonyl (C=O) groups excluding carboxylic acids is 2. The van der Waals surface area contributed by atoms with Crippen molar-refractivity contribution in [1.82, 2.24) is 0 Å². The summed E-state index contributed by atoms with van der Waals surface area (Å²) in [5.41, 5.74) is 1.78. The van der Waals surface area contributed by atoms with Crippen LogP contribution in [0.4, 0.5) is 11.4 Å². The zero-order valence-electron chi connectivity index (χ0n) is 20.9. The van der Waals surface area contributed by atoms with Crippen molar-refractivity contribution in [2.45, 2.75) is 25.5 Å². The number of hydrogen-bond donors (Lipinski definition) is 0. The van der Waals surface area contributed by atoms with Crippen molar-refractivity contribution < 1.29 is 23.6 Å². The van der Waals surface area contributed by atoms with E-state index in [-0.39, 0.29) is 5.91 Å². The van der Waals surface area contributed by atoms with Crippen LogP contribution in [0.15, 0.2) is 89.3 Å². The molecule has 0 radical (unpaired) electrons. The molecule has 2 saturated heterocycles. The summed E-state index contributed by atoms with van der Waals surface area (Å²) in [5.74, 6) is -0.00157. The molecule has 2 amide bonds. The lowest BCUT2D eigenvalue weighted by atomic mass is 9.94. The summed E-state index contributed by atoms with van der Waals surface area (Å²) in [6.07, 6.45) is -0.134. The Bertz CT molecular complexity index is 1520. The van der Waals surface area contributed by atoms with E-state index in [4.69, 9.17) is 37.2 Å². The first-order valence-electron chi connectivity index (χ1n) is 12.6. The van der Waals surface area contributed by atoms with Gasteiger partial charge in [0.25, 0.3) is 5.91 Å². The van der Waals surface area contributed by atoms with Gasteiger partial charge >= 0.3 is 0 Å². The predicted octanol–water partition coefficient (Wildman–Crippen LogP) is 7.09. The minimum atomic E-state index is -1.01. The van der Waals surface area contributed by atoms with Crippen LogP contribution >= 0.6 is 23.2 Å². The van der Waals surface area contributed by atoms with Crippen LogP contribution in [0.25, 0.3) is 11.3 Å². The summed E-state index contributed by atoms with van der Waals surface area (Å²) in [7, 11) is 0. The maximum Gasteiger partial charge on any atom is 0.266 e. The van der Waals surface area contributed by atoms with Crippen molar-refractivity contribution in [3.05, 3.63) is 101 Å². The molecule has 0 spiro atoms. The number of hydrogen-bond acceptors (Lipinski definition) is 6. The van der Waals surface area contributed by atoms with E-state index in [1.807, 2.05) is 37.3 Å². The average Bonchev–Trinajstić information content (AvgIpc) is 3.65. The summed E-state index contributed by atoms with van der Waals surface area (Å²) in [4.78, 5) is 34.8. The van der Waals surface area contributed by atoms with Crippen LogP contribution in [0.1, 0.15) is 25.1 Å². The second-order valence-corrected chi connectivity index (χ2v) is 10.2. The van der Waals surface area contributed by atoms with Gasteiger partial charge in [-0.3, -0.25) is 14.4 Å².